The van der Waals surface area contributed by atoms with E-state index in [2.05, 4.69) is 15.6 Å². The van der Waals surface area contributed by atoms with Gasteiger partial charge in [-0.05, 0) is 48.9 Å². The molecule has 150 valence electrons. The van der Waals surface area contributed by atoms with Gasteiger partial charge < -0.3 is 30.6 Å². The molecule has 7 heteroatoms. The average Bonchev–Trinajstić information content (AvgIpc) is 3.30. The number of carbonyl (C=O) groups is 1. The smallest absolute Gasteiger partial charge is 0.256 e. The normalized spacial score (nSPS) is 15.8. The van der Waals surface area contributed by atoms with E-state index < -0.39 is 6.10 Å². The maximum atomic E-state index is 12.8. The summed E-state index contributed by atoms with van der Waals surface area (Å²) in [5.74, 6) is 0.601. The minimum Gasteiger partial charge on any atom is -0.497 e. The number of H-pyrrole nitrogens is 1. The minimum absolute atomic E-state index is 0.151. The van der Waals surface area contributed by atoms with Crippen molar-refractivity contribution in [3.05, 3.63) is 53.7 Å². The first-order valence-corrected chi connectivity index (χ1v) is 9.36. The van der Waals surface area contributed by atoms with E-state index in [-0.39, 0.29) is 19.1 Å². The molecule has 0 radical (unpaired) electrons. The second kappa shape index (κ2) is 7.62. The van der Waals surface area contributed by atoms with Gasteiger partial charge in [-0.1, -0.05) is 0 Å². The number of aliphatic hydroxyl groups is 2. The number of hydrogen-bond acceptors (Lipinski definition) is 5. The molecule has 0 saturated heterocycles. The van der Waals surface area contributed by atoms with Crippen LogP contribution in [0, 0.1) is 0 Å². The zero-order chi connectivity index (χ0) is 20.5. The molecule has 0 spiro atoms. The highest BCUT2D eigenvalue weighted by Crippen LogP contribution is 2.40. The number of aromatic nitrogens is 1. The van der Waals surface area contributed by atoms with Crippen LogP contribution in [0.5, 0.6) is 5.75 Å². The highest BCUT2D eigenvalue weighted by molar-refractivity contribution is 6.37. The van der Waals surface area contributed by atoms with Crippen LogP contribution in [-0.4, -0.2) is 47.5 Å². The molecule has 1 aliphatic heterocycles. The number of rotatable bonds is 6. The van der Waals surface area contributed by atoms with Gasteiger partial charge in [0.15, 0.2) is 0 Å². The van der Waals surface area contributed by atoms with Crippen molar-refractivity contribution in [3.63, 3.8) is 0 Å². The van der Waals surface area contributed by atoms with Crippen molar-refractivity contribution in [1.29, 1.82) is 0 Å². The molecule has 0 saturated carbocycles. The number of methoxy groups -OCH3 is 1. The number of aliphatic hydroxyl groups excluding tert-OH is 2. The number of aromatic amines is 1. The fraction of sp³-hybridized carbons (Fsp3) is 0.227. The first-order chi connectivity index (χ1) is 14.0. The minimum atomic E-state index is -0.846. The van der Waals surface area contributed by atoms with Crippen LogP contribution >= 0.6 is 0 Å². The number of carbonyl (C=O) groups excluding carboxylic acids is 1. The number of fused-ring (bicyclic) bond motifs is 2. The molecular weight excluding hydrogens is 370 g/mol. The van der Waals surface area contributed by atoms with Gasteiger partial charge in [0.1, 0.15) is 5.75 Å². The van der Waals surface area contributed by atoms with Crippen LogP contribution in [-0.2, 0) is 4.79 Å². The van der Waals surface area contributed by atoms with Gasteiger partial charge in [-0.2, -0.15) is 0 Å². The van der Waals surface area contributed by atoms with E-state index >= 15 is 0 Å². The number of allylic oxidation sites excluding steroid dienone is 1. The summed E-state index contributed by atoms with van der Waals surface area (Å²) in [5, 5.41) is 25.5. The molecule has 2 heterocycles. The Labute approximate surface area is 168 Å². The predicted molar refractivity (Wildman–Crippen MR) is 114 cm³/mol. The Morgan fingerprint density at radius 1 is 1.24 bits per heavy atom. The quantitative estimate of drug-likeness (QED) is 0.414. The maximum absolute atomic E-state index is 12.8. The van der Waals surface area contributed by atoms with Crippen molar-refractivity contribution in [2.45, 2.75) is 13.0 Å². The SMILES string of the molecule is COc1ccc2[nH]cc(/C(C)=C3/C(=O)Nc4ccc(NCC(O)CO)cc43)c2c1. The van der Waals surface area contributed by atoms with E-state index in [1.165, 1.54) is 0 Å². The van der Waals surface area contributed by atoms with Crippen LogP contribution in [0.4, 0.5) is 11.4 Å². The summed E-state index contributed by atoms with van der Waals surface area (Å²) in [4.78, 5) is 16.0. The van der Waals surface area contributed by atoms with Gasteiger partial charge in [-0.3, -0.25) is 4.79 Å². The molecule has 0 fully saturated rings. The second-order valence-corrected chi connectivity index (χ2v) is 7.05. The Kier molecular flexibility index (Phi) is 5.00. The molecule has 1 atom stereocenters. The molecule has 1 unspecified atom stereocenters. The maximum Gasteiger partial charge on any atom is 0.256 e. The number of anilines is 2. The molecule has 4 rings (SSSR count). The van der Waals surface area contributed by atoms with E-state index in [0.717, 1.165) is 44.7 Å². The van der Waals surface area contributed by atoms with Crippen molar-refractivity contribution in [3.8, 4) is 5.75 Å². The third kappa shape index (κ3) is 3.46. The molecule has 29 heavy (non-hydrogen) atoms. The number of benzene rings is 2. The summed E-state index contributed by atoms with van der Waals surface area (Å²) in [6.07, 6.45) is 1.05. The summed E-state index contributed by atoms with van der Waals surface area (Å²) in [7, 11) is 1.63. The third-order valence-corrected chi connectivity index (χ3v) is 5.18. The zero-order valence-corrected chi connectivity index (χ0v) is 16.2. The summed E-state index contributed by atoms with van der Waals surface area (Å²) < 4.78 is 5.34. The van der Waals surface area contributed by atoms with Gasteiger partial charge in [0.25, 0.3) is 5.91 Å². The largest absolute Gasteiger partial charge is 0.497 e. The Bertz CT molecular complexity index is 1120. The van der Waals surface area contributed by atoms with Crippen molar-refractivity contribution in [2.75, 3.05) is 30.9 Å². The summed E-state index contributed by atoms with van der Waals surface area (Å²) in [6, 6.07) is 11.3. The molecule has 3 aromatic rings. The lowest BCUT2D eigenvalue weighted by Crippen LogP contribution is -2.22. The number of ether oxygens (including phenoxy) is 1. The molecule has 1 aliphatic rings. The van der Waals surface area contributed by atoms with Gasteiger partial charge in [0.05, 0.1) is 25.4 Å². The Morgan fingerprint density at radius 3 is 2.83 bits per heavy atom. The molecular formula is C22H23N3O4. The van der Waals surface area contributed by atoms with Crippen LogP contribution in [0.15, 0.2) is 42.6 Å². The Balaban J connectivity index is 1.77. The van der Waals surface area contributed by atoms with Crippen LogP contribution in [0.25, 0.3) is 22.0 Å². The lowest BCUT2D eigenvalue weighted by molar-refractivity contribution is -0.110. The topological polar surface area (TPSA) is 107 Å². The van der Waals surface area contributed by atoms with E-state index in [4.69, 9.17) is 9.84 Å². The summed E-state index contributed by atoms with van der Waals surface area (Å²) in [5.41, 5.74) is 5.67. The van der Waals surface area contributed by atoms with Crippen molar-refractivity contribution >= 4 is 39.3 Å². The standard InChI is InChI=1S/C22H23N3O4/c1-12(18-10-24-19-6-4-15(29-2)8-16(18)19)21-17-7-13(23-9-14(27)11-26)3-5-20(17)25-22(21)28/h3-8,10,14,23-24,26-27H,9,11H2,1-2H3,(H,25,28)/b21-12+. The number of nitrogens with one attached hydrogen (secondary N) is 3. The van der Waals surface area contributed by atoms with Crippen LogP contribution in [0.1, 0.15) is 18.1 Å². The predicted octanol–water partition coefficient (Wildman–Crippen LogP) is 2.82. The number of amides is 1. The summed E-state index contributed by atoms with van der Waals surface area (Å²) >= 11 is 0. The van der Waals surface area contributed by atoms with Crippen molar-refractivity contribution < 1.29 is 19.7 Å². The first-order valence-electron chi connectivity index (χ1n) is 9.36. The lowest BCUT2D eigenvalue weighted by atomic mass is 9.96. The van der Waals surface area contributed by atoms with Crippen LogP contribution in [0.2, 0.25) is 0 Å². The Hall–Kier alpha value is -3.29. The van der Waals surface area contributed by atoms with Gasteiger partial charge in [0, 0.05) is 46.1 Å². The van der Waals surface area contributed by atoms with Crippen LogP contribution in [0.3, 0.4) is 0 Å². The van der Waals surface area contributed by atoms with Crippen molar-refractivity contribution in [1.82, 2.24) is 4.98 Å². The van der Waals surface area contributed by atoms with Crippen LogP contribution < -0.4 is 15.4 Å². The van der Waals surface area contributed by atoms with Gasteiger partial charge in [-0.15, -0.1) is 0 Å². The van der Waals surface area contributed by atoms with E-state index in [1.54, 1.807) is 7.11 Å². The third-order valence-electron chi connectivity index (χ3n) is 5.18. The summed E-state index contributed by atoms with van der Waals surface area (Å²) in [6.45, 7) is 1.84. The molecule has 5 N–H and O–H groups in total. The lowest BCUT2D eigenvalue weighted by Gasteiger charge is -2.12. The first kappa shape index (κ1) is 19.0. The highest BCUT2D eigenvalue weighted by Gasteiger charge is 2.27. The van der Waals surface area contributed by atoms with E-state index in [9.17, 15) is 9.90 Å². The Morgan fingerprint density at radius 2 is 2.07 bits per heavy atom. The monoisotopic (exact) mass is 393 g/mol. The van der Waals surface area contributed by atoms with Gasteiger partial charge >= 0.3 is 0 Å². The highest BCUT2D eigenvalue weighted by atomic mass is 16.5. The van der Waals surface area contributed by atoms with Gasteiger partial charge in [0.2, 0.25) is 0 Å². The zero-order valence-electron chi connectivity index (χ0n) is 16.2. The fourth-order valence-corrected chi connectivity index (χ4v) is 3.62. The van der Waals surface area contributed by atoms with E-state index in [1.807, 2.05) is 49.5 Å². The average molecular weight is 393 g/mol. The van der Waals surface area contributed by atoms with E-state index in [0.29, 0.717) is 5.57 Å². The molecule has 0 bridgehead atoms. The van der Waals surface area contributed by atoms with Gasteiger partial charge in [-0.25, -0.2) is 0 Å². The molecule has 0 aliphatic carbocycles. The van der Waals surface area contributed by atoms with Crippen molar-refractivity contribution in [2.24, 2.45) is 0 Å². The second-order valence-electron chi connectivity index (χ2n) is 7.05. The fourth-order valence-electron chi connectivity index (χ4n) is 3.62. The number of hydrogen-bond donors (Lipinski definition) is 5. The molecule has 2 aromatic carbocycles. The molecule has 1 amide bonds. The molecule has 1 aromatic heterocycles. The molecule has 7 nitrogen and oxygen atoms in total.